The van der Waals surface area contributed by atoms with Gasteiger partial charge in [-0.05, 0) is 43.7 Å². The number of nitrogens with one attached hydrogen (secondary N) is 1. The average molecular weight is 454 g/mol. The van der Waals surface area contributed by atoms with Gasteiger partial charge in [-0.25, -0.2) is 4.98 Å². The number of halogens is 1. The zero-order valence-electron chi connectivity index (χ0n) is 15.2. The van der Waals surface area contributed by atoms with Crippen molar-refractivity contribution in [3.8, 4) is 16.4 Å². The maximum Gasteiger partial charge on any atom is 0.301 e. The standard InChI is InChI=1S/C20H16BrN5OS/c1-12-4-3-5-16(10-12)23-24-18-13(2)25-26(19(18)27)20-22-17(11-28-20)14-6-8-15(21)9-7-14/h3-11,25H,1-2H3. The maximum atomic E-state index is 12.8. The van der Waals surface area contributed by atoms with E-state index in [1.807, 2.05) is 60.8 Å². The van der Waals surface area contributed by atoms with Gasteiger partial charge in [0.05, 0.1) is 17.1 Å². The average Bonchev–Trinajstić information content (AvgIpc) is 3.26. The van der Waals surface area contributed by atoms with E-state index in [2.05, 4.69) is 36.2 Å². The summed E-state index contributed by atoms with van der Waals surface area (Å²) in [4.78, 5) is 17.4. The van der Waals surface area contributed by atoms with E-state index in [0.717, 1.165) is 21.3 Å². The Morgan fingerprint density at radius 3 is 2.64 bits per heavy atom. The highest BCUT2D eigenvalue weighted by molar-refractivity contribution is 9.10. The first kappa shape index (κ1) is 18.5. The molecule has 4 rings (SSSR count). The Kier molecular flexibility index (Phi) is 5.06. The van der Waals surface area contributed by atoms with Crippen molar-refractivity contribution in [3.63, 3.8) is 0 Å². The molecule has 0 fully saturated rings. The van der Waals surface area contributed by atoms with Gasteiger partial charge in [0.2, 0.25) is 5.13 Å². The first-order chi connectivity index (χ1) is 13.5. The van der Waals surface area contributed by atoms with Gasteiger partial charge in [-0.3, -0.25) is 9.89 Å². The van der Waals surface area contributed by atoms with Gasteiger partial charge in [0, 0.05) is 15.4 Å². The summed E-state index contributed by atoms with van der Waals surface area (Å²) in [5.74, 6) is 0. The van der Waals surface area contributed by atoms with E-state index >= 15 is 0 Å². The second-order valence-corrected chi connectivity index (χ2v) is 8.04. The predicted molar refractivity (Wildman–Crippen MR) is 115 cm³/mol. The van der Waals surface area contributed by atoms with Crippen molar-refractivity contribution < 1.29 is 0 Å². The zero-order chi connectivity index (χ0) is 19.7. The van der Waals surface area contributed by atoms with Gasteiger partial charge < -0.3 is 0 Å². The summed E-state index contributed by atoms with van der Waals surface area (Å²) in [5.41, 5.74) is 4.24. The van der Waals surface area contributed by atoms with Gasteiger partial charge in [0.1, 0.15) is 0 Å². The molecular weight excluding hydrogens is 438 g/mol. The Bertz CT molecular complexity index is 1220. The number of H-pyrrole nitrogens is 1. The van der Waals surface area contributed by atoms with Crippen LogP contribution in [0.2, 0.25) is 0 Å². The van der Waals surface area contributed by atoms with E-state index in [-0.39, 0.29) is 11.2 Å². The van der Waals surface area contributed by atoms with E-state index in [9.17, 15) is 4.79 Å². The summed E-state index contributed by atoms with van der Waals surface area (Å²) in [5, 5.41) is 13.9. The van der Waals surface area contributed by atoms with E-state index in [1.165, 1.54) is 16.0 Å². The number of aromatic amines is 1. The third-order valence-corrected chi connectivity index (χ3v) is 5.49. The van der Waals surface area contributed by atoms with E-state index in [4.69, 9.17) is 0 Å². The molecule has 0 bridgehead atoms. The molecule has 0 aliphatic carbocycles. The zero-order valence-corrected chi connectivity index (χ0v) is 17.6. The normalized spacial score (nSPS) is 11.4. The van der Waals surface area contributed by atoms with Crippen LogP contribution in [0.3, 0.4) is 0 Å². The van der Waals surface area contributed by atoms with E-state index in [0.29, 0.717) is 16.5 Å². The van der Waals surface area contributed by atoms with Gasteiger partial charge in [0.25, 0.3) is 0 Å². The molecule has 0 unspecified atom stereocenters. The molecule has 2 heterocycles. The fourth-order valence-corrected chi connectivity index (χ4v) is 3.76. The number of hydrogen-bond acceptors (Lipinski definition) is 5. The van der Waals surface area contributed by atoms with Gasteiger partial charge in [-0.1, -0.05) is 40.2 Å². The molecule has 2 aromatic heterocycles. The molecule has 1 N–H and O–H groups in total. The van der Waals surface area contributed by atoms with Crippen molar-refractivity contribution in [2.45, 2.75) is 13.8 Å². The number of azo groups is 1. The second kappa shape index (κ2) is 7.65. The number of aromatic nitrogens is 3. The van der Waals surface area contributed by atoms with Crippen LogP contribution in [0.1, 0.15) is 11.3 Å². The first-order valence-electron chi connectivity index (χ1n) is 8.53. The summed E-state index contributed by atoms with van der Waals surface area (Å²) in [6, 6.07) is 15.5. The maximum absolute atomic E-state index is 12.8. The lowest BCUT2D eigenvalue weighted by Crippen LogP contribution is -2.13. The van der Waals surface area contributed by atoms with Crippen molar-refractivity contribution in [2.75, 3.05) is 0 Å². The molecule has 0 saturated heterocycles. The lowest BCUT2D eigenvalue weighted by atomic mass is 10.2. The molecule has 0 spiro atoms. The Labute approximate surface area is 173 Å². The lowest BCUT2D eigenvalue weighted by molar-refractivity contribution is 0.827. The number of thiazole rings is 1. The number of rotatable bonds is 4. The first-order valence-corrected chi connectivity index (χ1v) is 10.2. The van der Waals surface area contributed by atoms with Crippen LogP contribution in [0.25, 0.3) is 16.4 Å². The molecule has 2 aromatic carbocycles. The van der Waals surface area contributed by atoms with Crippen LogP contribution in [-0.2, 0) is 0 Å². The van der Waals surface area contributed by atoms with Crippen LogP contribution >= 0.6 is 27.3 Å². The van der Waals surface area contributed by atoms with E-state index in [1.54, 1.807) is 6.92 Å². The lowest BCUT2D eigenvalue weighted by Gasteiger charge is -1.97. The minimum absolute atomic E-state index is 0.273. The molecule has 0 radical (unpaired) electrons. The summed E-state index contributed by atoms with van der Waals surface area (Å²) < 4.78 is 2.42. The van der Waals surface area contributed by atoms with Crippen molar-refractivity contribution in [1.29, 1.82) is 0 Å². The van der Waals surface area contributed by atoms with Crippen molar-refractivity contribution in [3.05, 3.63) is 80.0 Å². The van der Waals surface area contributed by atoms with Crippen LogP contribution in [-0.4, -0.2) is 14.8 Å². The molecule has 8 heteroatoms. The van der Waals surface area contributed by atoms with Crippen molar-refractivity contribution in [2.24, 2.45) is 10.2 Å². The number of aryl methyl sites for hydroxylation is 2. The molecule has 0 saturated carbocycles. The highest BCUT2D eigenvalue weighted by atomic mass is 79.9. The van der Waals surface area contributed by atoms with Crippen molar-refractivity contribution in [1.82, 2.24) is 14.8 Å². The highest BCUT2D eigenvalue weighted by Gasteiger charge is 2.15. The molecule has 6 nitrogen and oxygen atoms in total. The van der Waals surface area contributed by atoms with Crippen LogP contribution in [0.4, 0.5) is 11.4 Å². The van der Waals surface area contributed by atoms with Crippen molar-refractivity contribution >= 4 is 38.6 Å². The molecule has 0 amide bonds. The smallest absolute Gasteiger partial charge is 0.291 e. The van der Waals surface area contributed by atoms with Crippen LogP contribution in [0, 0.1) is 13.8 Å². The number of hydrogen-bond donors (Lipinski definition) is 1. The third-order valence-electron chi connectivity index (χ3n) is 4.13. The van der Waals surface area contributed by atoms with Gasteiger partial charge in [-0.15, -0.1) is 16.5 Å². The molecule has 0 aliphatic heterocycles. The molecule has 0 aliphatic rings. The van der Waals surface area contributed by atoms with Gasteiger partial charge in [0.15, 0.2) is 5.69 Å². The SMILES string of the molecule is Cc1cccc(N=Nc2c(C)[nH]n(-c3nc(-c4ccc(Br)cc4)cs3)c2=O)c1. The summed E-state index contributed by atoms with van der Waals surface area (Å²) in [6.07, 6.45) is 0. The predicted octanol–water partition coefficient (Wildman–Crippen LogP) is 6.08. The Morgan fingerprint density at radius 1 is 1.11 bits per heavy atom. The van der Waals surface area contributed by atoms with Crippen LogP contribution in [0.15, 0.2) is 73.4 Å². The fraction of sp³-hybridized carbons (Fsp3) is 0.100. The molecule has 140 valence electrons. The number of nitrogens with zero attached hydrogens (tertiary/aromatic N) is 4. The summed E-state index contributed by atoms with van der Waals surface area (Å²) in [6.45, 7) is 3.78. The minimum Gasteiger partial charge on any atom is -0.291 e. The highest BCUT2D eigenvalue weighted by Crippen LogP contribution is 2.26. The van der Waals surface area contributed by atoms with E-state index < -0.39 is 0 Å². The van der Waals surface area contributed by atoms with Crippen LogP contribution in [0.5, 0.6) is 0 Å². The second-order valence-electron chi connectivity index (χ2n) is 6.29. The number of benzene rings is 2. The molecule has 28 heavy (non-hydrogen) atoms. The molecule has 4 aromatic rings. The Balaban J connectivity index is 1.66. The fourth-order valence-electron chi connectivity index (χ4n) is 2.71. The molecular formula is C20H16BrN5OS. The Morgan fingerprint density at radius 2 is 1.89 bits per heavy atom. The topological polar surface area (TPSA) is 75.4 Å². The summed E-state index contributed by atoms with van der Waals surface area (Å²) in [7, 11) is 0. The van der Waals surface area contributed by atoms with Gasteiger partial charge in [-0.2, -0.15) is 9.80 Å². The van der Waals surface area contributed by atoms with Gasteiger partial charge >= 0.3 is 5.56 Å². The largest absolute Gasteiger partial charge is 0.301 e. The monoisotopic (exact) mass is 453 g/mol. The summed E-state index contributed by atoms with van der Waals surface area (Å²) >= 11 is 4.82. The van der Waals surface area contributed by atoms with Crippen LogP contribution < -0.4 is 5.56 Å². The minimum atomic E-state index is -0.273. The quantitative estimate of drug-likeness (QED) is 0.379. The molecule has 0 atom stereocenters. The Hall–Kier alpha value is -2.84. The third kappa shape index (κ3) is 3.74.